The van der Waals surface area contributed by atoms with E-state index >= 15 is 0 Å². The first kappa shape index (κ1) is 20.2. The summed E-state index contributed by atoms with van der Waals surface area (Å²) in [7, 11) is 0. The third-order valence-corrected chi connectivity index (χ3v) is 4.41. The minimum atomic E-state index is -0.511. The highest BCUT2D eigenvalue weighted by molar-refractivity contribution is 9.10. The van der Waals surface area contributed by atoms with Crippen molar-refractivity contribution in [3.05, 3.63) is 69.7 Å². The maximum absolute atomic E-state index is 12.4. The third kappa shape index (κ3) is 6.30. The lowest BCUT2D eigenvalue weighted by Crippen LogP contribution is -2.15. The smallest absolute Gasteiger partial charge is 0.339 e. The van der Waals surface area contributed by atoms with Crippen LogP contribution in [0.3, 0.4) is 0 Å². The van der Waals surface area contributed by atoms with Crippen LogP contribution in [0.1, 0.15) is 52.5 Å². The summed E-state index contributed by atoms with van der Waals surface area (Å²) in [6.07, 6.45) is 3.50. The van der Waals surface area contributed by atoms with Gasteiger partial charge in [-0.25, -0.2) is 9.59 Å². The van der Waals surface area contributed by atoms with Crippen molar-refractivity contribution in [3.63, 3.8) is 0 Å². The molecule has 5 heteroatoms. The first-order valence-corrected chi connectivity index (χ1v) is 9.59. The van der Waals surface area contributed by atoms with Crippen LogP contribution in [0, 0.1) is 0 Å². The van der Waals surface area contributed by atoms with E-state index < -0.39 is 11.9 Å². The van der Waals surface area contributed by atoms with Crippen molar-refractivity contribution in [3.8, 4) is 0 Å². The van der Waals surface area contributed by atoms with Gasteiger partial charge in [-0.3, -0.25) is 0 Å². The fourth-order valence-electron chi connectivity index (χ4n) is 2.42. The Balaban J connectivity index is 1.91. The van der Waals surface area contributed by atoms with Gasteiger partial charge in [0.1, 0.15) is 0 Å². The molecular weight excluding hydrogens is 396 g/mol. The van der Waals surface area contributed by atoms with Crippen LogP contribution in [-0.2, 0) is 15.9 Å². The number of halogens is 1. The minimum Gasteiger partial charge on any atom is -0.462 e. The quantitative estimate of drug-likeness (QED) is 0.414. The number of hydrogen-bond donors (Lipinski definition) is 0. The van der Waals surface area contributed by atoms with Gasteiger partial charge in [-0.15, -0.1) is 0 Å². The monoisotopic (exact) mass is 418 g/mol. The minimum absolute atomic E-state index is 0.240. The second kappa shape index (κ2) is 10.8. The lowest BCUT2D eigenvalue weighted by atomic mass is 10.1. The van der Waals surface area contributed by atoms with Crippen LogP contribution >= 0.6 is 15.9 Å². The highest BCUT2D eigenvalue weighted by atomic mass is 79.9. The van der Waals surface area contributed by atoms with Crippen LogP contribution in [0.4, 0.5) is 0 Å². The number of carbonyl (C=O) groups is 2. The number of hydrogen-bond acceptors (Lipinski definition) is 4. The predicted molar refractivity (Wildman–Crippen MR) is 104 cm³/mol. The molecular formula is C21H23BrO4. The molecule has 0 bridgehead atoms. The molecule has 0 atom stereocenters. The van der Waals surface area contributed by atoms with Gasteiger partial charge in [0.25, 0.3) is 0 Å². The van der Waals surface area contributed by atoms with Crippen molar-refractivity contribution in [2.75, 3.05) is 13.2 Å². The molecule has 0 radical (unpaired) electrons. The molecule has 0 saturated carbocycles. The average molecular weight is 419 g/mol. The topological polar surface area (TPSA) is 52.6 Å². The van der Waals surface area contributed by atoms with Gasteiger partial charge in [0.05, 0.1) is 24.3 Å². The van der Waals surface area contributed by atoms with Gasteiger partial charge in [0.15, 0.2) is 0 Å². The number of esters is 2. The summed E-state index contributed by atoms with van der Waals surface area (Å²) in [6.45, 7) is 2.70. The van der Waals surface area contributed by atoms with Crippen molar-refractivity contribution in [1.29, 1.82) is 0 Å². The Kier molecular flexibility index (Phi) is 8.35. The highest BCUT2D eigenvalue weighted by Crippen LogP contribution is 2.14. The molecule has 0 aliphatic heterocycles. The van der Waals surface area contributed by atoms with Gasteiger partial charge in [-0.1, -0.05) is 60.0 Å². The van der Waals surface area contributed by atoms with E-state index in [1.54, 1.807) is 24.3 Å². The van der Waals surface area contributed by atoms with Gasteiger partial charge in [-0.2, -0.15) is 0 Å². The zero-order chi connectivity index (χ0) is 18.8. The summed E-state index contributed by atoms with van der Waals surface area (Å²) in [4.78, 5) is 24.6. The van der Waals surface area contributed by atoms with E-state index in [9.17, 15) is 9.59 Å². The van der Waals surface area contributed by atoms with Gasteiger partial charge >= 0.3 is 11.9 Å². The Labute approximate surface area is 162 Å². The second-order valence-corrected chi connectivity index (χ2v) is 6.82. The predicted octanol–water partition coefficient (Wildman–Crippen LogP) is 5.20. The second-order valence-electron chi connectivity index (χ2n) is 5.90. The van der Waals surface area contributed by atoms with Gasteiger partial charge in [0, 0.05) is 10.9 Å². The van der Waals surface area contributed by atoms with Crippen LogP contribution < -0.4 is 0 Å². The number of ether oxygens (including phenoxy) is 2. The summed E-state index contributed by atoms with van der Waals surface area (Å²) in [6, 6.07) is 14.4. The van der Waals surface area contributed by atoms with Crippen LogP contribution in [0.15, 0.2) is 53.0 Å². The average Bonchev–Trinajstić information content (AvgIpc) is 2.66. The fraction of sp³-hybridized carbons (Fsp3) is 0.333. The van der Waals surface area contributed by atoms with Crippen molar-refractivity contribution in [1.82, 2.24) is 0 Å². The Morgan fingerprint density at radius 1 is 0.846 bits per heavy atom. The third-order valence-electron chi connectivity index (χ3n) is 3.89. The molecule has 0 amide bonds. The normalized spacial score (nSPS) is 10.4. The van der Waals surface area contributed by atoms with Gasteiger partial charge in [-0.05, 0) is 36.2 Å². The van der Waals surface area contributed by atoms with Crippen LogP contribution in [0.5, 0.6) is 0 Å². The molecule has 0 unspecified atom stereocenters. The number of rotatable bonds is 9. The molecule has 0 N–H and O–H groups in total. The Hall–Kier alpha value is -2.14. The first-order valence-electron chi connectivity index (χ1n) is 8.79. The van der Waals surface area contributed by atoms with Crippen molar-refractivity contribution in [2.24, 2.45) is 0 Å². The molecule has 0 fully saturated rings. The molecule has 4 nitrogen and oxygen atoms in total. The van der Waals surface area contributed by atoms with Crippen LogP contribution in [0.25, 0.3) is 0 Å². The van der Waals surface area contributed by atoms with Crippen molar-refractivity contribution >= 4 is 27.9 Å². The van der Waals surface area contributed by atoms with Gasteiger partial charge in [0.2, 0.25) is 0 Å². The number of unbranched alkanes of at least 4 members (excludes halogenated alkanes) is 2. The summed E-state index contributed by atoms with van der Waals surface area (Å²) in [5, 5.41) is 0. The number of carbonyl (C=O) groups excluding carboxylic acids is 2. The molecule has 0 spiro atoms. The lowest BCUT2D eigenvalue weighted by Gasteiger charge is -2.10. The van der Waals surface area contributed by atoms with E-state index in [2.05, 4.69) is 22.9 Å². The molecule has 0 aliphatic rings. The van der Waals surface area contributed by atoms with Crippen LogP contribution in [0.2, 0.25) is 0 Å². The Morgan fingerprint density at radius 3 is 2.00 bits per heavy atom. The summed E-state index contributed by atoms with van der Waals surface area (Å²) < 4.78 is 11.6. The molecule has 2 aromatic rings. The summed E-state index contributed by atoms with van der Waals surface area (Å²) >= 11 is 3.39. The maximum atomic E-state index is 12.4. The molecule has 2 rings (SSSR count). The largest absolute Gasteiger partial charge is 0.462 e. The molecule has 138 valence electrons. The standard InChI is InChI=1S/C21H23BrO4/c1-2-3-6-14-25-20(23)18-7-4-5-8-19(18)21(24)26-15-13-16-9-11-17(22)12-10-16/h4-5,7-12H,2-3,6,13-15H2,1H3. The molecule has 0 heterocycles. The van der Waals surface area contributed by atoms with E-state index in [-0.39, 0.29) is 17.7 Å². The highest BCUT2D eigenvalue weighted by Gasteiger charge is 2.18. The summed E-state index contributed by atoms with van der Waals surface area (Å²) in [5.74, 6) is -0.996. The zero-order valence-electron chi connectivity index (χ0n) is 14.9. The van der Waals surface area contributed by atoms with Gasteiger partial charge < -0.3 is 9.47 Å². The van der Waals surface area contributed by atoms with Crippen molar-refractivity contribution in [2.45, 2.75) is 32.6 Å². The van der Waals surface area contributed by atoms with E-state index in [0.29, 0.717) is 13.0 Å². The van der Waals surface area contributed by atoms with Crippen molar-refractivity contribution < 1.29 is 19.1 Å². The molecule has 26 heavy (non-hydrogen) atoms. The SMILES string of the molecule is CCCCCOC(=O)c1ccccc1C(=O)OCCc1ccc(Br)cc1. The number of benzene rings is 2. The molecule has 2 aromatic carbocycles. The molecule has 0 aromatic heterocycles. The molecule has 0 saturated heterocycles. The van der Waals surface area contributed by atoms with E-state index in [4.69, 9.17) is 9.47 Å². The van der Waals surface area contributed by atoms with E-state index in [1.807, 2.05) is 24.3 Å². The molecule has 0 aliphatic carbocycles. The Morgan fingerprint density at radius 2 is 1.42 bits per heavy atom. The Bertz CT molecular complexity index is 725. The summed E-state index contributed by atoms with van der Waals surface area (Å²) in [5.41, 5.74) is 1.56. The lowest BCUT2D eigenvalue weighted by molar-refractivity contribution is 0.0456. The maximum Gasteiger partial charge on any atom is 0.339 e. The van der Waals surface area contributed by atoms with E-state index in [0.717, 1.165) is 29.3 Å². The van der Waals surface area contributed by atoms with E-state index in [1.165, 1.54) is 0 Å². The zero-order valence-corrected chi connectivity index (χ0v) is 16.5. The van der Waals surface area contributed by atoms with Crippen LogP contribution in [-0.4, -0.2) is 25.2 Å². The fourth-order valence-corrected chi connectivity index (χ4v) is 2.69. The first-order chi connectivity index (χ1) is 12.6.